The fraction of sp³-hybridized carbons (Fsp3) is 0.294. The van der Waals surface area contributed by atoms with Crippen LogP contribution in [0.2, 0.25) is 0 Å². The molecule has 106 valence electrons. The van der Waals surface area contributed by atoms with E-state index in [9.17, 15) is 4.39 Å². The van der Waals surface area contributed by atoms with Crippen molar-refractivity contribution in [3.63, 3.8) is 0 Å². The van der Waals surface area contributed by atoms with Crippen LogP contribution >= 0.6 is 0 Å². The number of nitrogens with one attached hydrogen (secondary N) is 1. The van der Waals surface area contributed by atoms with Gasteiger partial charge in [0.1, 0.15) is 11.6 Å². The maximum absolute atomic E-state index is 13.0. The van der Waals surface area contributed by atoms with Crippen LogP contribution in [0, 0.1) is 5.82 Å². The number of likely N-dealkylation sites (N-methyl/N-ethyl adjacent to an activating group) is 1. The Morgan fingerprint density at radius 1 is 1.10 bits per heavy atom. The van der Waals surface area contributed by atoms with E-state index in [1.54, 1.807) is 7.11 Å². The molecule has 1 unspecified atom stereocenters. The van der Waals surface area contributed by atoms with Crippen LogP contribution in [-0.4, -0.2) is 20.7 Å². The van der Waals surface area contributed by atoms with Crippen molar-refractivity contribution in [2.75, 3.05) is 20.7 Å². The van der Waals surface area contributed by atoms with Crippen LogP contribution in [0.25, 0.3) is 0 Å². The second kappa shape index (κ2) is 7.06. The van der Waals surface area contributed by atoms with E-state index in [4.69, 9.17) is 4.74 Å². The van der Waals surface area contributed by atoms with Gasteiger partial charge in [-0.25, -0.2) is 4.39 Å². The summed E-state index contributed by atoms with van der Waals surface area (Å²) in [5, 5.41) is 3.20. The van der Waals surface area contributed by atoms with Crippen molar-refractivity contribution < 1.29 is 9.13 Å². The minimum Gasteiger partial charge on any atom is -0.496 e. The number of rotatable bonds is 6. The molecule has 2 aromatic carbocycles. The highest BCUT2D eigenvalue weighted by molar-refractivity contribution is 5.35. The summed E-state index contributed by atoms with van der Waals surface area (Å²) >= 11 is 0. The molecule has 2 rings (SSSR count). The summed E-state index contributed by atoms with van der Waals surface area (Å²) in [5.41, 5.74) is 2.30. The van der Waals surface area contributed by atoms with Gasteiger partial charge in [0.15, 0.2) is 0 Å². The van der Waals surface area contributed by atoms with Gasteiger partial charge in [0, 0.05) is 12.5 Å². The average Bonchev–Trinajstić information content (AvgIpc) is 2.48. The van der Waals surface area contributed by atoms with Gasteiger partial charge in [0.25, 0.3) is 0 Å². The zero-order valence-corrected chi connectivity index (χ0v) is 11.9. The first-order chi connectivity index (χ1) is 9.74. The first kappa shape index (κ1) is 14.5. The van der Waals surface area contributed by atoms with Crippen molar-refractivity contribution in [3.05, 3.63) is 65.5 Å². The molecular weight excluding hydrogens is 253 g/mol. The van der Waals surface area contributed by atoms with E-state index in [1.165, 1.54) is 17.7 Å². The van der Waals surface area contributed by atoms with Crippen molar-refractivity contribution in [3.8, 4) is 5.75 Å². The molecule has 1 atom stereocenters. The summed E-state index contributed by atoms with van der Waals surface area (Å²) in [5.74, 6) is 0.988. The van der Waals surface area contributed by atoms with E-state index in [-0.39, 0.29) is 11.7 Å². The fourth-order valence-corrected chi connectivity index (χ4v) is 2.43. The van der Waals surface area contributed by atoms with Crippen LogP contribution in [0.3, 0.4) is 0 Å². The van der Waals surface area contributed by atoms with Gasteiger partial charge in [0.05, 0.1) is 7.11 Å². The number of hydrogen-bond donors (Lipinski definition) is 1. The molecule has 0 radical (unpaired) electrons. The maximum atomic E-state index is 13.0. The van der Waals surface area contributed by atoms with Crippen LogP contribution in [0.15, 0.2) is 48.5 Å². The number of methoxy groups -OCH3 is 1. The predicted octanol–water partition coefficient (Wildman–Crippen LogP) is 3.38. The minimum absolute atomic E-state index is 0.200. The Morgan fingerprint density at radius 3 is 2.45 bits per heavy atom. The van der Waals surface area contributed by atoms with E-state index >= 15 is 0 Å². The molecule has 3 heteroatoms. The minimum atomic E-state index is -0.200. The molecule has 0 aliphatic heterocycles. The third-order valence-electron chi connectivity index (χ3n) is 3.45. The first-order valence-corrected chi connectivity index (χ1v) is 6.76. The molecule has 0 spiro atoms. The molecule has 0 aromatic heterocycles. The molecule has 0 saturated carbocycles. The van der Waals surface area contributed by atoms with E-state index < -0.39 is 0 Å². The Labute approximate surface area is 119 Å². The largest absolute Gasteiger partial charge is 0.496 e. The highest BCUT2D eigenvalue weighted by Gasteiger charge is 2.14. The molecule has 0 heterocycles. The number of halogens is 1. The lowest BCUT2D eigenvalue weighted by Crippen LogP contribution is -2.19. The van der Waals surface area contributed by atoms with Crippen molar-refractivity contribution >= 4 is 0 Å². The fourth-order valence-electron chi connectivity index (χ4n) is 2.43. The summed E-state index contributed by atoms with van der Waals surface area (Å²) in [6, 6.07) is 14.8. The van der Waals surface area contributed by atoms with Gasteiger partial charge in [-0.3, -0.25) is 0 Å². The Kier molecular flexibility index (Phi) is 5.13. The van der Waals surface area contributed by atoms with Gasteiger partial charge in [-0.2, -0.15) is 0 Å². The second-order valence-electron chi connectivity index (χ2n) is 4.82. The molecule has 0 amide bonds. The standard InChI is InChI=1S/C17H20FNO/c1-19-12-15(13-7-9-16(18)10-8-13)11-14-5-3-4-6-17(14)20-2/h3-10,15,19H,11-12H2,1-2H3. The quantitative estimate of drug-likeness (QED) is 0.871. The summed E-state index contributed by atoms with van der Waals surface area (Å²) in [4.78, 5) is 0. The molecule has 2 aromatic rings. The van der Waals surface area contributed by atoms with E-state index in [0.717, 1.165) is 24.3 Å². The smallest absolute Gasteiger partial charge is 0.123 e. The third kappa shape index (κ3) is 3.58. The van der Waals surface area contributed by atoms with Gasteiger partial charge in [-0.15, -0.1) is 0 Å². The van der Waals surface area contributed by atoms with Crippen molar-refractivity contribution in [1.82, 2.24) is 5.32 Å². The topological polar surface area (TPSA) is 21.3 Å². The highest BCUT2D eigenvalue weighted by atomic mass is 19.1. The number of benzene rings is 2. The zero-order valence-electron chi connectivity index (χ0n) is 11.9. The zero-order chi connectivity index (χ0) is 14.4. The molecule has 20 heavy (non-hydrogen) atoms. The lowest BCUT2D eigenvalue weighted by atomic mass is 9.91. The van der Waals surface area contributed by atoms with Gasteiger partial charge in [0.2, 0.25) is 0 Å². The Morgan fingerprint density at radius 2 is 1.80 bits per heavy atom. The molecule has 1 N–H and O–H groups in total. The molecule has 0 fully saturated rings. The Bertz CT molecular complexity index is 539. The Balaban J connectivity index is 2.23. The second-order valence-corrected chi connectivity index (χ2v) is 4.82. The molecular formula is C17H20FNO. The van der Waals surface area contributed by atoms with Crippen LogP contribution in [-0.2, 0) is 6.42 Å². The van der Waals surface area contributed by atoms with Gasteiger partial charge < -0.3 is 10.1 Å². The van der Waals surface area contributed by atoms with Gasteiger partial charge in [-0.05, 0) is 42.8 Å². The van der Waals surface area contributed by atoms with Crippen LogP contribution < -0.4 is 10.1 Å². The van der Waals surface area contributed by atoms with Crippen LogP contribution in [0.4, 0.5) is 4.39 Å². The van der Waals surface area contributed by atoms with Crippen LogP contribution in [0.5, 0.6) is 5.75 Å². The molecule has 0 aliphatic rings. The van der Waals surface area contributed by atoms with E-state index in [0.29, 0.717) is 0 Å². The van der Waals surface area contributed by atoms with Crippen molar-refractivity contribution in [1.29, 1.82) is 0 Å². The number of para-hydroxylation sites is 1. The summed E-state index contributed by atoms with van der Waals surface area (Å²) < 4.78 is 18.4. The van der Waals surface area contributed by atoms with Gasteiger partial charge in [-0.1, -0.05) is 30.3 Å². The predicted molar refractivity (Wildman–Crippen MR) is 79.8 cm³/mol. The lowest BCUT2D eigenvalue weighted by molar-refractivity contribution is 0.407. The number of ether oxygens (including phenoxy) is 1. The highest BCUT2D eigenvalue weighted by Crippen LogP contribution is 2.26. The maximum Gasteiger partial charge on any atom is 0.123 e. The summed E-state index contributed by atoms with van der Waals surface area (Å²) in [6.07, 6.45) is 0.858. The molecule has 0 saturated heterocycles. The monoisotopic (exact) mass is 273 g/mol. The SMILES string of the molecule is CNCC(Cc1ccccc1OC)c1ccc(F)cc1. The molecule has 2 nitrogen and oxygen atoms in total. The van der Waals surface area contributed by atoms with E-state index in [2.05, 4.69) is 11.4 Å². The number of hydrogen-bond acceptors (Lipinski definition) is 2. The van der Waals surface area contributed by atoms with Crippen molar-refractivity contribution in [2.24, 2.45) is 0 Å². The van der Waals surface area contributed by atoms with Crippen LogP contribution in [0.1, 0.15) is 17.0 Å². The lowest BCUT2D eigenvalue weighted by Gasteiger charge is -2.18. The first-order valence-electron chi connectivity index (χ1n) is 6.76. The summed E-state index contributed by atoms with van der Waals surface area (Å²) in [6.45, 7) is 0.837. The molecule has 0 bridgehead atoms. The third-order valence-corrected chi connectivity index (χ3v) is 3.45. The van der Waals surface area contributed by atoms with E-state index in [1.807, 2.05) is 37.4 Å². The Hall–Kier alpha value is -1.87. The molecule has 0 aliphatic carbocycles. The summed E-state index contributed by atoms with van der Waals surface area (Å²) in [7, 11) is 3.61. The normalized spacial score (nSPS) is 12.2. The average molecular weight is 273 g/mol. The van der Waals surface area contributed by atoms with Gasteiger partial charge >= 0.3 is 0 Å². The van der Waals surface area contributed by atoms with Crippen molar-refractivity contribution in [2.45, 2.75) is 12.3 Å².